The molecule has 110 valence electrons. The van der Waals surface area contributed by atoms with E-state index in [0.29, 0.717) is 16.5 Å². The van der Waals surface area contributed by atoms with Gasteiger partial charge < -0.3 is 15.4 Å². The molecule has 0 radical (unpaired) electrons. The first-order chi connectivity index (χ1) is 9.99. The molecule has 0 saturated carbocycles. The fourth-order valence-corrected chi connectivity index (χ4v) is 1.80. The van der Waals surface area contributed by atoms with Crippen LogP contribution in [0.5, 0.6) is 5.75 Å². The Bertz CT molecular complexity index is 680. The summed E-state index contributed by atoms with van der Waals surface area (Å²) in [7, 11) is 1.42. The van der Waals surface area contributed by atoms with Crippen LogP contribution in [0.25, 0.3) is 0 Å². The standard InChI is InChI=1S/C14H11ClF2N2O2/c1-21-13-6-8(15)2-5-11(13)18-14(20)19-12-7-9(16)3-4-10(12)17/h2-7H,1H3,(H2,18,19,20). The predicted octanol–water partition coefficient (Wildman–Crippen LogP) is 4.27. The second kappa shape index (κ2) is 6.41. The minimum absolute atomic E-state index is 0.263. The second-order valence-corrected chi connectivity index (χ2v) is 4.48. The van der Waals surface area contributed by atoms with Gasteiger partial charge in [0.1, 0.15) is 17.4 Å². The van der Waals surface area contributed by atoms with E-state index in [-0.39, 0.29) is 5.69 Å². The molecule has 0 heterocycles. The third kappa shape index (κ3) is 3.82. The number of methoxy groups -OCH3 is 1. The zero-order valence-corrected chi connectivity index (χ0v) is 11.7. The molecule has 2 aromatic rings. The molecule has 0 spiro atoms. The second-order valence-electron chi connectivity index (χ2n) is 4.05. The van der Waals surface area contributed by atoms with Crippen molar-refractivity contribution < 1.29 is 18.3 Å². The number of rotatable bonds is 3. The monoisotopic (exact) mass is 312 g/mol. The summed E-state index contributed by atoms with van der Waals surface area (Å²) >= 11 is 5.80. The maximum absolute atomic E-state index is 13.4. The number of nitrogens with one attached hydrogen (secondary N) is 2. The fraction of sp³-hybridized carbons (Fsp3) is 0.0714. The number of benzene rings is 2. The molecule has 0 aliphatic rings. The fourth-order valence-electron chi connectivity index (χ4n) is 1.64. The van der Waals surface area contributed by atoms with Crippen LogP contribution in [0.1, 0.15) is 0 Å². The van der Waals surface area contributed by atoms with Gasteiger partial charge >= 0.3 is 6.03 Å². The molecule has 0 aliphatic heterocycles. The summed E-state index contributed by atoms with van der Waals surface area (Å²) in [6.07, 6.45) is 0. The van der Waals surface area contributed by atoms with Gasteiger partial charge in [-0.1, -0.05) is 11.6 Å². The Hall–Kier alpha value is -2.34. The van der Waals surface area contributed by atoms with E-state index in [1.165, 1.54) is 19.2 Å². The Labute approximate surface area is 124 Å². The summed E-state index contributed by atoms with van der Waals surface area (Å²) < 4.78 is 31.5. The van der Waals surface area contributed by atoms with Crippen LogP contribution in [-0.2, 0) is 0 Å². The van der Waals surface area contributed by atoms with Crippen molar-refractivity contribution in [3.8, 4) is 5.75 Å². The van der Waals surface area contributed by atoms with Crippen LogP contribution >= 0.6 is 11.6 Å². The van der Waals surface area contributed by atoms with E-state index < -0.39 is 17.7 Å². The van der Waals surface area contributed by atoms with Crippen LogP contribution in [0.4, 0.5) is 25.0 Å². The van der Waals surface area contributed by atoms with Crippen LogP contribution in [0.2, 0.25) is 5.02 Å². The molecule has 2 N–H and O–H groups in total. The number of amides is 2. The highest BCUT2D eigenvalue weighted by Gasteiger charge is 2.11. The van der Waals surface area contributed by atoms with Gasteiger partial charge in [-0.2, -0.15) is 0 Å². The molecular weight excluding hydrogens is 302 g/mol. The molecule has 0 bridgehead atoms. The van der Waals surface area contributed by atoms with Crippen LogP contribution in [0.15, 0.2) is 36.4 Å². The smallest absolute Gasteiger partial charge is 0.323 e. The first kappa shape index (κ1) is 15.1. The molecule has 4 nitrogen and oxygen atoms in total. The lowest BCUT2D eigenvalue weighted by atomic mass is 10.3. The van der Waals surface area contributed by atoms with Gasteiger partial charge in [0.15, 0.2) is 0 Å². The number of urea groups is 1. The summed E-state index contributed by atoms with van der Waals surface area (Å²) in [4.78, 5) is 11.8. The van der Waals surface area contributed by atoms with Crippen molar-refractivity contribution in [3.63, 3.8) is 0 Å². The van der Waals surface area contributed by atoms with Gasteiger partial charge in [-0.05, 0) is 24.3 Å². The highest BCUT2D eigenvalue weighted by molar-refractivity contribution is 6.30. The summed E-state index contributed by atoms with van der Waals surface area (Å²) in [5, 5.41) is 5.11. The number of ether oxygens (including phenoxy) is 1. The van der Waals surface area contributed by atoms with Crippen molar-refractivity contribution >= 4 is 29.0 Å². The largest absolute Gasteiger partial charge is 0.495 e. The topological polar surface area (TPSA) is 50.4 Å². The van der Waals surface area contributed by atoms with Gasteiger partial charge in [-0.25, -0.2) is 13.6 Å². The molecular formula is C14H11ClF2N2O2. The minimum atomic E-state index is -0.741. The summed E-state index contributed by atoms with van der Waals surface area (Å²) in [6, 6.07) is 6.63. The van der Waals surface area contributed by atoms with Gasteiger partial charge in [-0.3, -0.25) is 0 Å². The molecule has 2 rings (SSSR count). The Morgan fingerprint density at radius 1 is 1.10 bits per heavy atom. The molecule has 0 aromatic heterocycles. The van der Waals surface area contributed by atoms with Gasteiger partial charge in [0.2, 0.25) is 0 Å². The van der Waals surface area contributed by atoms with Crippen LogP contribution in [0, 0.1) is 11.6 Å². The zero-order chi connectivity index (χ0) is 15.4. The number of carbonyl (C=O) groups is 1. The molecule has 0 aliphatic carbocycles. The summed E-state index contributed by atoms with van der Waals surface area (Å²) in [5.41, 5.74) is 0.0802. The first-order valence-electron chi connectivity index (χ1n) is 5.86. The number of carbonyl (C=O) groups excluding carboxylic acids is 1. The average molecular weight is 313 g/mol. The quantitative estimate of drug-likeness (QED) is 0.889. The van der Waals surface area contributed by atoms with E-state index in [9.17, 15) is 13.6 Å². The Morgan fingerprint density at radius 2 is 1.81 bits per heavy atom. The number of halogens is 3. The number of hydrogen-bond acceptors (Lipinski definition) is 2. The van der Waals surface area contributed by atoms with E-state index in [1.807, 2.05) is 0 Å². The highest BCUT2D eigenvalue weighted by Crippen LogP contribution is 2.28. The SMILES string of the molecule is COc1cc(Cl)ccc1NC(=O)Nc1cc(F)ccc1F. The van der Waals surface area contributed by atoms with Gasteiger partial charge in [0, 0.05) is 17.2 Å². The van der Waals surface area contributed by atoms with E-state index in [0.717, 1.165) is 18.2 Å². The molecule has 21 heavy (non-hydrogen) atoms. The van der Waals surface area contributed by atoms with Gasteiger partial charge in [0.25, 0.3) is 0 Å². The average Bonchev–Trinajstić information content (AvgIpc) is 2.44. The summed E-state index contributed by atoms with van der Waals surface area (Å²) in [6.45, 7) is 0. The predicted molar refractivity (Wildman–Crippen MR) is 77.0 cm³/mol. The van der Waals surface area contributed by atoms with Crippen molar-refractivity contribution in [2.75, 3.05) is 17.7 Å². The Kier molecular flexibility index (Phi) is 4.59. The van der Waals surface area contributed by atoms with Crippen molar-refractivity contribution in [1.29, 1.82) is 0 Å². The van der Waals surface area contributed by atoms with E-state index >= 15 is 0 Å². The Morgan fingerprint density at radius 3 is 2.52 bits per heavy atom. The first-order valence-corrected chi connectivity index (χ1v) is 6.24. The Balaban J connectivity index is 2.13. The van der Waals surface area contributed by atoms with E-state index in [2.05, 4.69) is 10.6 Å². The van der Waals surface area contributed by atoms with Crippen LogP contribution in [-0.4, -0.2) is 13.1 Å². The number of anilines is 2. The molecule has 2 amide bonds. The highest BCUT2D eigenvalue weighted by atomic mass is 35.5. The maximum Gasteiger partial charge on any atom is 0.323 e. The number of hydrogen-bond donors (Lipinski definition) is 2. The minimum Gasteiger partial charge on any atom is -0.495 e. The normalized spacial score (nSPS) is 10.1. The third-order valence-corrected chi connectivity index (χ3v) is 2.82. The van der Waals surface area contributed by atoms with Crippen molar-refractivity contribution in [3.05, 3.63) is 53.1 Å². The van der Waals surface area contributed by atoms with Crippen molar-refractivity contribution in [1.82, 2.24) is 0 Å². The van der Waals surface area contributed by atoms with Gasteiger partial charge in [-0.15, -0.1) is 0 Å². The third-order valence-electron chi connectivity index (χ3n) is 2.59. The lowest BCUT2D eigenvalue weighted by Gasteiger charge is -2.12. The van der Waals surface area contributed by atoms with E-state index in [1.54, 1.807) is 6.07 Å². The zero-order valence-electron chi connectivity index (χ0n) is 10.9. The van der Waals surface area contributed by atoms with Crippen molar-refractivity contribution in [2.24, 2.45) is 0 Å². The molecule has 7 heteroatoms. The molecule has 0 unspecified atom stereocenters. The van der Waals surface area contributed by atoms with Gasteiger partial charge in [0.05, 0.1) is 18.5 Å². The van der Waals surface area contributed by atoms with Crippen LogP contribution < -0.4 is 15.4 Å². The lowest BCUT2D eigenvalue weighted by molar-refractivity contribution is 0.262. The van der Waals surface area contributed by atoms with E-state index in [4.69, 9.17) is 16.3 Å². The van der Waals surface area contributed by atoms with Crippen LogP contribution in [0.3, 0.4) is 0 Å². The molecule has 0 atom stereocenters. The summed E-state index contributed by atoms with van der Waals surface area (Å²) in [5.74, 6) is -1.05. The maximum atomic E-state index is 13.4. The molecule has 0 saturated heterocycles. The molecule has 0 fully saturated rings. The molecule has 2 aromatic carbocycles. The lowest BCUT2D eigenvalue weighted by Crippen LogP contribution is -2.20. The van der Waals surface area contributed by atoms with Crippen molar-refractivity contribution in [2.45, 2.75) is 0 Å².